The van der Waals surface area contributed by atoms with E-state index >= 15 is 0 Å². The third-order valence-corrected chi connectivity index (χ3v) is 2.65. The largest absolute Gasteiger partial charge is 0.335 e. The first-order valence-corrected chi connectivity index (χ1v) is 5.28. The van der Waals surface area contributed by atoms with Gasteiger partial charge in [0.2, 0.25) is 0 Å². The van der Waals surface area contributed by atoms with Crippen LogP contribution in [-0.2, 0) is 26.4 Å². The van der Waals surface area contributed by atoms with E-state index in [9.17, 15) is 0 Å². The van der Waals surface area contributed by atoms with Crippen LogP contribution in [0.4, 0.5) is 0 Å². The Balaban J connectivity index is 2.02. The summed E-state index contributed by atoms with van der Waals surface area (Å²) < 4.78 is 4.12. The van der Waals surface area contributed by atoms with Gasteiger partial charge in [0, 0.05) is 50.7 Å². The van der Waals surface area contributed by atoms with E-state index in [4.69, 9.17) is 0 Å². The zero-order valence-corrected chi connectivity index (χ0v) is 9.22. The molecule has 0 amide bonds. The number of aryl methyl sites for hydroxylation is 4. The van der Waals surface area contributed by atoms with E-state index in [1.165, 1.54) is 5.69 Å². The number of hydrogen-bond donors (Lipinski definition) is 0. The van der Waals surface area contributed by atoms with Crippen molar-refractivity contribution in [2.75, 3.05) is 0 Å². The molecule has 2 rings (SSSR count). The van der Waals surface area contributed by atoms with Gasteiger partial charge >= 0.3 is 0 Å². The topological polar surface area (TPSA) is 35.6 Å². The van der Waals surface area contributed by atoms with E-state index in [1.807, 2.05) is 30.3 Å². The van der Waals surface area contributed by atoms with Gasteiger partial charge in [0.1, 0.15) is 5.82 Å². The van der Waals surface area contributed by atoms with E-state index in [-0.39, 0.29) is 0 Å². The number of rotatable bonds is 4. The van der Waals surface area contributed by atoms with Gasteiger partial charge in [0.05, 0.1) is 0 Å². The minimum absolute atomic E-state index is 0.975. The molecule has 4 nitrogen and oxygen atoms in total. The maximum absolute atomic E-state index is 4.30. The molecule has 0 aliphatic rings. The van der Waals surface area contributed by atoms with E-state index in [0.29, 0.717) is 0 Å². The second-order valence-electron chi connectivity index (χ2n) is 3.59. The Morgan fingerprint density at radius 2 is 2.20 bits per heavy atom. The standard InChI is InChI=1S/C11H16N4/c1-3-11-12-7-9-15(11)8-5-10-4-6-13-14(10)2/h4,6-7,9H,3,5,8H2,1-2H3. The van der Waals surface area contributed by atoms with Crippen molar-refractivity contribution in [1.29, 1.82) is 0 Å². The van der Waals surface area contributed by atoms with Gasteiger partial charge in [-0.3, -0.25) is 4.68 Å². The van der Waals surface area contributed by atoms with Gasteiger partial charge in [-0.05, 0) is 6.07 Å². The molecule has 0 fully saturated rings. The fraction of sp³-hybridized carbons (Fsp3) is 0.455. The Hall–Kier alpha value is -1.58. The Kier molecular flexibility index (Phi) is 2.85. The molecule has 2 aromatic rings. The lowest BCUT2D eigenvalue weighted by atomic mass is 10.3. The molecular formula is C11H16N4. The van der Waals surface area contributed by atoms with Crippen LogP contribution in [0, 0.1) is 0 Å². The highest BCUT2D eigenvalue weighted by atomic mass is 15.3. The number of imidazole rings is 1. The van der Waals surface area contributed by atoms with E-state index in [1.54, 1.807) is 0 Å². The summed E-state index contributed by atoms with van der Waals surface area (Å²) in [7, 11) is 1.98. The Labute approximate surface area is 89.6 Å². The molecule has 0 saturated carbocycles. The van der Waals surface area contributed by atoms with E-state index in [2.05, 4.69) is 27.6 Å². The highest BCUT2D eigenvalue weighted by Gasteiger charge is 2.02. The summed E-state index contributed by atoms with van der Waals surface area (Å²) in [6.45, 7) is 3.10. The van der Waals surface area contributed by atoms with Crippen molar-refractivity contribution in [1.82, 2.24) is 19.3 Å². The van der Waals surface area contributed by atoms with Crippen LogP contribution in [0.1, 0.15) is 18.4 Å². The Bertz CT molecular complexity index is 427. The van der Waals surface area contributed by atoms with E-state index in [0.717, 1.165) is 25.2 Å². The molecule has 15 heavy (non-hydrogen) atoms. The van der Waals surface area contributed by atoms with Crippen LogP contribution < -0.4 is 0 Å². The molecule has 0 N–H and O–H groups in total. The molecule has 0 aliphatic carbocycles. The highest BCUT2D eigenvalue weighted by Crippen LogP contribution is 2.03. The van der Waals surface area contributed by atoms with Crippen molar-refractivity contribution in [3.63, 3.8) is 0 Å². The number of hydrogen-bond acceptors (Lipinski definition) is 2. The SMILES string of the molecule is CCc1nccn1CCc1ccnn1C. The average Bonchev–Trinajstić information content (AvgIpc) is 2.83. The first kappa shape index (κ1) is 9.96. The predicted octanol–water partition coefficient (Wildman–Crippen LogP) is 1.42. The van der Waals surface area contributed by atoms with Gasteiger partial charge in [-0.1, -0.05) is 6.92 Å². The zero-order chi connectivity index (χ0) is 10.7. The quantitative estimate of drug-likeness (QED) is 0.755. The van der Waals surface area contributed by atoms with Crippen molar-refractivity contribution < 1.29 is 0 Å². The van der Waals surface area contributed by atoms with Crippen LogP contribution in [0.2, 0.25) is 0 Å². The molecule has 0 unspecified atom stereocenters. The van der Waals surface area contributed by atoms with Crippen LogP contribution in [0.25, 0.3) is 0 Å². The van der Waals surface area contributed by atoms with Crippen LogP contribution in [0.15, 0.2) is 24.7 Å². The summed E-state index contributed by atoms with van der Waals surface area (Å²) in [5.74, 6) is 1.15. The van der Waals surface area contributed by atoms with E-state index < -0.39 is 0 Å². The minimum atomic E-state index is 0.975. The second kappa shape index (κ2) is 4.29. The normalized spacial score (nSPS) is 10.8. The Morgan fingerprint density at radius 1 is 1.33 bits per heavy atom. The molecule has 0 spiro atoms. The fourth-order valence-corrected chi connectivity index (χ4v) is 1.74. The highest BCUT2D eigenvalue weighted by molar-refractivity contribution is 5.01. The summed E-state index contributed by atoms with van der Waals surface area (Å²) in [6, 6.07) is 2.06. The lowest BCUT2D eigenvalue weighted by Crippen LogP contribution is -2.07. The number of aromatic nitrogens is 4. The van der Waals surface area contributed by atoms with Gasteiger partial charge in [0.25, 0.3) is 0 Å². The van der Waals surface area contributed by atoms with Crippen molar-refractivity contribution in [3.8, 4) is 0 Å². The predicted molar refractivity (Wildman–Crippen MR) is 58.5 cm³/mol. The summed E-state index contributed by atoms with van der Waals surface area (Å²) in [6.07, 6.45) is 7.72. The van der Waals surface area contributed by atoms with Crippen LogP contribution in [-0.4, -0.2) is 19.3 Å². The summed E-state index contributed by atoms with van der Waals surface area (Å²) in [4.78, 5) is 4.30. The maximum atomic E-state index is 4.30. The molecule has 0 atom stereocenters. The Morgan fingerprint density at radius 3 is 2.87 bits per heavy atom. The van der Waals surface area contributed by atoms with Gasteiger partial charge in [-0.15, -0.1) is 0 Å². The monoisotopic (exact) mass is 204 g/mol. The van der Waals surface area contributed by atoms with Crippen molar-refractivity contribution >= 4 is 0 Å². The second-order valence-corrected chi connectivity index (χ2v) is 3.59. The van der Waals surface area contributed by atoms with Crippen LogP contribution >= 0.6 is 0 Å². The van der Waals surface area contributed by atoms with Crippen molar-refractivity contribution in [3.05, 3.63) is 36.2 Å². The molecular weight excluding hydrogens is 188 g/mol. The summed E-state index contributed by atoms with van der Waals surface area (Å²) in [5, 5.41) is 4.15. The molecule has 80 valence electrons. The summed E-state index contributed by atoms with van der Waals surface area (Å²) in [5.41, 5.74) is 1.26. The first-order valence-electron chi connectivity index (χ1n) is 5.28. The smallest absolute Gasteiger partial charge is 0.108 e. The van der Waals surface area contributed by atoms with Gasteiger partial charge in [-0.25, -0.2) is 4.98 Å². The minimum Gasteiger partial charge on any atom is -0.335 e. The van der Waals surface area contributed by atoms with Crippen molar-refractivity contribution in [2.45, 2.75) is 26.3 Å². The summed E-state index contributed by atoms with van der Waals surface area (Å²) >= 11 is 0. The van der Waals surface area contributed by atoms with Crippen molar-refractivity contribution in [2.24, 2.45) is 7.05 Å². The van der Waals surface area contributed by atoms with Gasteiger partial charge < -0.3 is 4.57 Å². The zero-order valence-electron chi connectivity index (χ0n) is 9.22. The first-order chi connectivity index (χ1) is 7.31. The molecule has 0 bridgehead atoms. The molecule has 0 saturated heterocycles. The fourth-order valence-electron chi connectivity index (χ4n) is 1.74. The molecule has 4 heteroatoms. The third-order valence-electron chi connectivity index (χ3n) is 2.65. The molecule has 0 aromatic carbocycles. The molecule has 2 heterocycles. The lowest BCUT2D eigenvalue weighted by molar-refractivity contribution is 0.616. The third kappa shape index (κ3) is 2.09. The van der Waals surface area contributed by atoms with Crippen LogP contribution in [0.5, 0.6) is 0 Å². The van der Waals surface area contributed by atoms with Crippen LogP contribution in [0.3, 0.4) is 0 Å². The number of nitrogens with zero attached hydrogens (tertiary/aromatic N) is 4. The lowest BCUT2D eigenvalue weighted by Gasteiger charge is -2.06. The molecule has 0 radical (unpaired) electrons. The maximum Gasteiger partial charge on any atom is 0.108 e. The average molecular weight is 204 g/mol. The van der Waals surface area contributed by atoms with Gasteiger partial charge in [-0.2, -0.15) is 5.10 Å². The molecule has 2 aromatic heterocycles. The van der Waals surface area contributed by atoms with Gasteiger partial charge in [0.15, 0.2) is 0 Å². The molecule has 0 aliphatic heterocycles.